The number of nitrogens with zero attached hydrogens (tertiary/aromatic N) is 2. The van der Waals surface area contributed by atoms with Crippen molar-refractivity contribution < 1.29 is 19.1 Å². The summed E-state index contributed by atoms with van der Waals surface area (Å²) in [7, 11) is 0. The molecule has 1 N–H and O–H groups in total. The monoisotopic (exact) mass is 407 g/mol. The number of rotatable bonds is 6. The average molecular weight is 407 g/mol. The van der Waals surface area contributed by atoms with Crippen LogP contribution in [0.25, 0.3) is 0 Å². The van der Waals surface area contributed by atoms with Crippen LogP contribution in [0.4, 0.5) is 17.1 Å². The van der Waals surface area contributed by atoms with Gasteiger partial charge in [-0.3, -0.25) is 14.4 Å². The summed E-state index contributed by atoms with van der Waals surface area (Å²) in [4.78, 5) is 40.6. The molecule has 0 saturated carbocycles. The highest BCUT2D eigenvalue weighted by atomic mass is 16.5. The molecule has 2 aliphatic heterocycles. The highest BCUT2D eigenvalue weighted by molar-refractivity contribution is 6.04. The summed E-state index contributed by atoms with van der Waals surface area (Å²) < 4.78 is 5.63. The second kappa shape index (κ2) is 8.57. The zero-order valence-electron chi connectivity index (χ0n) is 17.0. The van der Waals surface area contributed by atoms with Gasteiger partial charge in [-0.1, -0.05) is 12.1 Å². The van der Waals surface area contributed by atoms with E-state index in [4.69, 9.17) is 4.74 Å². The molecule has 7 nitrogen and oxygen atoms in total. The third-order valence-electron chi connectivity index (χ3n) is 5.47. The molecule has 0 unspecified atom stereocenters. The fraction of sp³-hybridized carbons (Fsp3) is 0.348. The van der Waals surface area contributed by atoms with E-state index in [2.05, 4.69) is 5.32 Å². The van der Waals surface area contributed by atoms with Crippen LogP contribution in [-0.2, 0) is 14.4 Å². The zero-order valence-corrected chi connectivity index (χ0v) is 17.0. The van der Waals surface area contributed by atoms with Gasteiger partial charge in [-0.25, -0.2) is 0 Å². The third kappa shape index (κ3) is 4.01. The molecule has 2 aromatic carbocycles. The van der Waals surface area contributed by atoms with Gasteiger partial charge >= 0.3 is 0 Å². The topological polar surface area (TPSA) is 79.0 Å². The Hall–Kier alpha value is -3.35. The Kier molecular flexibility index (Phi) is 5.70. The lowest BCUT2D eigenvalue weighted by Gasteiger charge is -2.20. The lowest BCUT2D eigenvalue weighted by Crippen LogP contribution is -2.28. The Labute approximate surface area is 175 Å². The maximum atomic E-state index is 12.8. The number of nitrogens with one attached hydrogen (secondary N) is 1. The van der Waals surface area contributed by atoms with Crippen LogP contribution in [-0.4, -0.2) is 37.4 Å². The number of hydrogen-bond donors (Lipinski definition) is 1. The number of carbonyl (C=O) groups is 3. The first-order valence-corrected chi connectivity index (χ1v) is 10.3. The molecule has 0 aliphatic carbocycles. The zero-order chi connectivity index (χ0) is 21.1. The van der Waals surface area contributed by atoms with Gasteiger partial charge in [-0.15, -0.1) is 0 Å². The van der Waals surface area contributed by atoms with Crippen LogP contribution in [0.5, 0.6) is 5.75 Å². The van der Waals surface area contributed by atoms with Crippen molar-refractivity contribution in [1.82, 2.24) is 0 Å². The van der Waals surface area contributed by atoms with E-state index in [0.29, 0.717) is 36.7 Å². The average Bonchev–Trinajstić information content (AvgIpc) is 3.35. The molecule has 156 valence electrons. The first kappa shape index (κ1) is 19.9. The van der Waals surface area contributed by atoms with E-state index < -0.39 is 5.92 Å². The number of ether oxygens (including phenoxy) is 1. The Morgan fingerprint density at radius 1 is 1.07 bits per heavy atom. The quantitative estimate of drug-likeness (QED) is 0.798. The van der Waals surface area contributed by atoms with E-state index in [1.54, 1.807) is 21.9 Å². The number of hydrogen-bond acceptors (Lipinski definition) is 4. The Morgan fingerprint density at radius 3 is 2.53 bits per heavy atom. The van der Waals surface area contributed by atoms with Crippen LogP contribution in [0.2, 0.25) is 0 Å². The Balaban J connectivity index is 1.41. The van der Waals surface area contributed by atoms with Crippen LogP contribution in [0, 0.1) is 5.92 Å². The molecule has 0 spiro atoms. The second-order valence-electron chi connectivity index (χ2n) is 7.49. The fourth-order valence-corrected chi connectivity index (χ4v) is 3.96. The van der Waals surface area contributed by atoms with Crippen molar-refractivity contribution in [3.05, 3.63) is 48.5 Å². The van der Waals surface area contributed by atoms with Crippen molar-refractivity contribution in [2.75, 3.05) is 34.8 Å². The minimum Gasteiger partial charge on any atom is -0.492 e. The van der Waals surface area contributed by atoms with Crippen LogP contribution < -0.4 is 19.9 Å². The smallest absolute Gasteiger partial charge is 0.229 e. The predicted octanol–water partition coefficient (Wildman–Crippen LogP) is 3.20. The van der Waals surface area contributed by atoms with Gasteiger partial charge in [0.1, 0.15) is 5.75 Å². The molecule has 30 heavy (non-hydrogen) atoms. The van der Waals surface area contributed by atoms with Gasteiger partial charge in [0.15, 0.2) is 0 Å². The van der Waals surface area contributed by atoms with Gasteiger partial charge in [0.2, 0.25) is 17.7 Å². The molecule has 3 amide bonds. The van der Waals surface area contributed by atoms with Gasteiger partial charge in [-0.2, -0.15) is 0 Å². The van der Waals surface area contributed by atoms with E-state index in [0.717, 1.165) is 18.7 Å². The second-order valence-corrected chi connectivity index (χ2v) is 7.49. The number of anilines is 3. The van der Waals surface area contributed by atoms with E-state index in [1.165, 1.54) is 0 Å². The van der Waals surface area contributed by atoms with Crippen molar-refractivity contribution in [1.29, 1.82) is 0 Å². The molecule has 2 heterocycles. The molecule has 1 atom stereocenters. The van der Waals surface area contributed by atoms with E-state index in [1.807, 2.05) is 43.3 Å². The largest absolute Gasteiger partial charge is 0.492 e. The SMILES string of the molecule is CCOc1ccccc1N1C[C@H](C(=O)Nc2ccc(N3CCCC3=O)cc2)CC1=O. The van der Waals surface area contributed by atoms with Gasteiger partial charge in [0, 0.05) is 37.3 Å². The van der Waals surface area contributed by atoms with Gasteiger partial charge in [0.25, 0.3) is 0 Å². The summed E-state index contributed by atoms with van der Waals surface area (Å²) in [5.41, 5.74) is 2.18. The number of amides is 3. The molecule has 4 rings (SSSR count). The third-order valence-corrected chi connectivity index (χ3v) is 5.47. The van der Waals surface area contributed by atoms with Crippen LogP contribution in [0.3, 0.4) is 0 Å². The van der Waals surface area contributed by atoms with E-state index in [-0.39, 0.29) is 24.1 Å². The number of para-hydroxylation sites is 2. The molecule has 0 bridgehead atoms. The highest BCUT2D eigenvalue weighted by Gasteiger charge is 2.36. The van der Waals surface area contributed by atoms with Gasteiger partial charge in [0.05, 0.1) is 18.2 Å². The molecule has 2 aliphatic rings. The van der Waals surface area contributed by atoms with Crippen molar-refractivity contribution in [3.63, 3.8) is 0 Å². The Bertz CT molecular complexity index is 957. The van der Waals surface area contributed by atoms with Gasteiger partial charge < -0.3 is 19.9 Å². The van der Waals surface area contributed by atoms with Crippen LogP contribution in [0.15, 0.2) is 48.5 Å². The molecular weight excluding hydrogens is 382 g/mol. The number of benzene rings is 2. The van der Waals surface area contributed by atoms with Crippen molar-refractivity contribution >= 4 is 34.8 Å². The molecule has 7 heteroatoms. The van der Waals surface area contributed by atoms with Crippen molar-refractivity contribution in [3.8, 4) is 5.75 Å². The minimum absolute atomic E-state index is 0.0924. The summed E-state index contributed by atoms with van der Waals surface area (Å²) in [5, 5.41) is 2.89. The van der Waals surface area contributed by atoms with Crippen LogP contribution >= 0.6 is 0 Å². The minimum atomic E-state index is -0.438. The molecule has 2 saturated heterocycles. The summed E-state index contributed by atoms with van der Waals surface area (Å²) >= 11 is 0. The molecule has 0 radical (unpaired) electrons. The van der Waals surface area contributed by atoms with Gasteiger partial charge in [-0.05, 0) is 49.7 Å². The first-order valence-electron chi connectivity index (χ1n) is 10.3. The number of carbonyl (C=O) groups excluding carboxylic acids is 3. The summed E-state index contributed by atoms with van der Waals surface area (Å²) in [6.07, 6.45) is 1.61. The normalized spacial score (nSPS) is 18.8. The molecular formula is C23H25N3O4. The fourth-order valence-electron chi connectivity index (χ4n) is 3.96. The lowest BCUT2D eigenvalue weighted by molar-refractivity contribution is -0.122. The lowest BCUT2D eigenvalue weighted by atomic mass is 10.1. The van der Waals surface area contributed by atoms with E-state index >= 15 is 0 Å². The Morgan fingerprint density at radius 2 is 1.83 bits per heavy atom. The molecule has 2 fully saturated rings. The maximum Gasteiger partial charge on any atom is 0.229 e. The van der Waals surface area contributed by atoms with Crippen molar-refractivity contribution in [2.45, 2.75) is 26.2 Å². The van der Waals surface area contributed by atoms with Crippen molar-refractivity contribution in [2.24, 2.45) is 5.92 Å². The standard InChI is InChI=1S/C23H25N3O4/c1-2-30-20-7-4-3-6-19(20)26-15-16(14-22(26)28)23(29)24-17-9-11-18(12-10-17)25-13-5-8-21(25)27/h3-4,6-7,9-12,16H,2,5,8,13-15H2,1H3,(H,24,29)/t16-/m1/s1. The summed E-state index contributed by atoms with van der Waals surface area (Å²) in [5.74, 6) is 0.0482. The first-order chi connectivity index (χ1) is 14.6. The predicted molar refractivity (Wildman–Crippen MR) is 115 cm³/mol. The molecule has 0 aromatic heterocycles. The van der Waals surface area contributed by atoms with E-state index in [9.17, 15) is 14.4 Å². The highest BCUT2D eigenvalue weighted by Crippen LogP contribution is 2.33. The summed E-state index contributed by atoms with van der Waals surface area (Å²) in [6, 6.07) is 14.6. The summed E-state index contributed by atoms with van der Waals surface area (Å²) in [6.45, 7) is 3.44. The van der Waals surface area contributed by atoms with Crippen LogP contribution in [0.1, 0.15) is 26.2 Å². The maximum absolute atomic E-state index is 12.8. The molecule has 2 aromatic rings.